The molecular formula is C18H24N2O5. The highest BCUT2D eigenvalue weighted by Crippen LogP contribution is 2.36. The maximum Gasteiger partial charge on any atom is 0.314 e. The van der Waals surface area contributed by atoms with Crippen molar-refractivity contribution in [2.24, 2.45) is 11.8 Å². The van der Waals surface area contributed by atoms with E-state index >= 15 is 0 Å². The lowest BCUT2D eigenvalue weighted by Crippen LogP contribution is -2.46. The van der Waals surface area contributed by atoms with Crippen LogP contribution >= 0.6 is 0 Å². The molecule has 1 aliphatic heterocycles. The van der Waals surface area contributed by atoms with E-state index in [9.17, 15) is 14.9 Å². The third-order valence-electron chi connectivity index (χ3n) is 5.36. The van der Waals surface area contributed by atoms with Gasteiger partial charge in [-0.05, 0) is 36.8 Å². The highest BCUT2D eigenvalue weighted by Gasteiger charge is 2.33. The van der Waals surface area contributed by atoms with Gasteiger partial charge in [0.1, 0.15) is 5.75 Å². The second-order valence-corrected chi connectivity index (χ2v) is 6.81. The normalized spacial score (nSPS) is 22.8. The maximum absolute atomic E-state index is 12.5. The molecule has 1 aliphatic carbocycles. The van der Waals surface area contributed by atoms with Crippen molar-refractivity contribution in [2.75, 3.05) is 26.8 Å². The first-order valence-electron chi connectivity index (χ1n) is 8.81. The second-order valence-electron chi connectivity index (χ2n) is 6.81. The van der Waals surface area contributed by atoms with Crippen molar-refractivity contribution in [3.63, 3.8) is 0 Å². The van der Waals surface area contributed by atoms with Crippen LogP contribution in [0, 0.1) is 22.0 Å². The lowest BCUT2D eigenvalue weighted by molar-refractivity contribution is -0.385. The molecule has 0 N–H and O–H groups in total. The molecule has 7 nitrogen and oxygen atoms in total. The highest BCUT2D eigenvalue weighted by atomic mass is 16.6. The average molecular weight is 348 g/mol. The second kappa shape index (κ2) is 7.72. The lowest BCUT2D eigenvalue weighted by atomic mass is 9.75. The summed E-state index contributed by atoms with van der Waals surface area (Å²) in [5.41, 5.74) is -0.196. The van der Waals surface area contributed by atoms with Crippen molar-refractivity contribution in [2.45, 2.75) is 32.1 Å². The molecule has 0 spiro atoms. The largest absolute Gasteiger partial charge is 0.496 e. The molecule has 1 heterocycles. The number of piperidine rings is 1. The summed E-state index contributed by atoms with van der Waals surface area (Å²) in [6.07, 6.45) is 6.08. The number of nitro benzene ring substituents is 1. The van der Waals surface area contributed by atoms with E-state index in [2.05, 4.69) is 0 Å². The van der Waals surface area contributed by atoms with Crippen molar-refractivity contribution in [3.05, 3.63) is 28.3 Å². The molecule has 0 unspecified atom stereocenters. The molecule has 136 valence electrons. The van der Waals surface area contributed by atoms with E-state index in [4.69, 9.17) is 9.47 Å². The number of hydrogen-bond donors (Lipinski definition) is 0. The van der Waals surface area contributed by atoms with Crippen LogP contribution in [0.1, 0.15) is 32.1 Å². The summed E-state index contributed by atoms with van der Waals surface area (Å²) >= 11 is 0. The molecule has 7 heteroatoms. The zero-order valence-electron chi connectivity index (χ0n) is 14.5. The minimum absolute atomic E-state index is 0.0895. The summed E-state index contributed by atoms with van der Waals surface area (Å²) in [6.45, 7) is 1.37. The Labute approximate surface area is 147 Å². The molecule has 1 saturated heterocycles. The van der Waals surface area contributed by atoms with E-state index < -0.39 is 4.92 Å². The summed E-state index contributed by atoms with van der Waals surface area (Å²) in [5, 5.41) is 11.2. The summed E-state index contributed by atoms with van der Waals surface area (Å²) in [6, 6.07) is 4.35. The number of fused-ring (bicyclic) bond motifs is 1. The predicted molar refractivity (Wildman–Crippen MR) is 91.8 cm³/mol. The van der Waals surface area contributed by atoms with E-state index in [0.717, 1.165) is 25.4 Å². The zero-order chi connectivity index (χ0) is 17.8. The SMILES string of the molecule is COc1ccc(OCC(=O)N2CC[C@@H]3CCCC[C@H]3C2)c([N+](=O)[O-])c1. The summed E-state index contributed by atoms with van der Waals surface area (Å²) in [7, 11) is 1.44. The molecule has 0 bridgehead atoms. The van der Waals surface area contributed by atoms with Gasteiger partial charge in [0.15, 0.2) is 12.4 Å². The van der Waals surface area contributed by atoms with Crippen LogP contribution in [0.2, 0.25) is 0 Å². The number of likely N-dealkylation sites (tertiary alicyclic amines) is 1. The Hall–Kier alpha value is -2.31. The van der Waals surface area contributed by atoms with Crippen LogP contribution in [0.3, 0.4) is 0 Å². The number of nitrogens with zero attached hydrogens (tertiary/aromatic N) is 2. The Morgan fingerprint density at radius 3 is 2.76 bits per heavy atom. The van der Waals surface area contributed by atoms with Crippen LogP contribution in [0.4, 0.5) is 5.69 Å². The van der Waals surface area contributed by atoms with E-state index in [1.165, 1.54) is 44.9 Å². The van der Waals surface area contributed by atoms with Crippen LogP contribution in [-0.2, 0) is 4.79 Å². The van der Waals surface area contributed by atoms with E-state index in [1.807, 2.05) is 4.90 Å². The Balaban J connectivity index is 1.60. The number of benzene rings is 1. The van der Waals surface area contributed by atoms with Crippen LogP contribution in [0.5, 0.6) is 11.5 Å². The van der Waals surface area contributed by atoms with Gasteiger partial charge in [0, 0.05) is 13.1 Å². The molecule has 2 aliphatic rings. The number of carbonyl (C=O) groups is 1. The monoisotopic (exact) mass is 348 g/mol. The Bertz CT molecular complexity index is 648. The maximum atomic E-state index is 12.5. The Morgan fingerprint density at radius 2 is 2.04 bits per heavy atom. The van der Waals surface area contributed by atoms with Gasteiger partial charge in [0.2, 0.25) is 0 Å². The summed E-state index contributed by atoms with van der Waals surface area (Å²) < 4.78 is 10.5. The molecule has 25 heavy (non-hydrogen) atoms. The molecule has 2 atom stereocenters. The molecule has 3 rings (SSSR count). The van der Waals surface area contributed by atoms with Crippen molar-refractivity contribution < 1.29 is 19.2 Å². The van der Waals surface area contributed by atoms with Crippen molar-refractivity contribution in [1.29, 1.82) is 0 Å². The summed E-state index contributed by atoms with van der Waals surface area (Å²) in [4.78, 5) is 24.9. The topological polar surface area (TPSA) is 81.9 Å². The first-order valence-corrected chi connectivity index (χ1v) is 8.81. The molecule has 2 fully saturated rings. The third kappa shape index (κ3) is 4.03. The fourth-order valence-corrected chi connectivity index (χ4v) is 3.95. The number of methoxy groups -OCH3 is 1. The van der Waals surface area contributed by atoms with Gasteiger partial charge in [0.05, 0.1) is 18.1 Å². The molecule has 0 aromatic heterocycles. The summed E-state index contributed by atoms with van der Waals surface area (Å²) in [5.74, 6) is 1.72. The molecule has 0 radical (unpaired) electrons. The average Bonchev–Trinajstić information content (AvgIpc) is 2.65. The molecule has 1 saturated carbocycles. The van der Waals surface area contributed by atoms with Gasteiger partial charge in [-0.1, -0.05) is 19.3 Å². The first-order chi connectivity index (χ1) is 12.1. The zero-order valence-corrected chi connectivity index (χ0v) is 14.5. The van der Waals surface area contributed by atoms with Crippen molar-refractivity contribution in [3.8, 4) is 11.5 Å². The van der Waals surface area contributed by atoms with Gasteiger partial charge in [-0.15, -0.1) is 0 Å². The fraction of sp³-hybridized carbons (Fsp3) is 0.611. The fourth-order valence-electron chi connectivity index (χ4n) is 3.95. The van der Waals surface area contributed by atoms with Gasteiger partial charge in [0.25, 0.3) is 5.91 Å². The van der Waals surface area contributed by atoms with Gasteiger partial charge in [-0.2, -0.15) is 0 Å². The van der Waals surface area contributed by atoms with E-state index in [-0.39, 0.29) is 24.0 Å². The molecule has 1 aromatic carbocycles. The number of hydrogen-bond acceptors (Lipinski definition) is 5. The number of rotatable bonds is 5. The Kier molecular flexibility index (Phi) is 5.40. The number of amides is 1. The predicted octanol–water partition coefficient (Wildman–Crippen LogP) is 3.02. The van der Waals surface area contributed by atoms with Crippen LogP contribution < -0.4 is 9.47 Å². The number of ether oxygens (including phenoxy) is 2. The van der Waals surface area contributed by atoms with Crippen LogP contribution in [0.15, 0.2) is 18.2 Å². The smallest absolute Gasteiger partial charge is 0.314 e. The van der Waals surface area contributed by atoms with Gasteiger partial charge >= 0.3 is 5.69 Å². The quantitative estimate of drug-likeness (QED) is 0.603. The van der Waals surface area contributed by atoms with Crippen molar-refractivity contribution >= 4 is 11.6 Å². The standard InChI is InChI=1S/C18H24N2O5/c1-24-15-6-7-17(16(10-15)20(22)23)25-12-18(21)19-9-8-13-4-2-3-5-14(13)11-19/h6-7,10,13-14H,2-5,8-9,11-12H2,1H3/t13-,14-/m0/s1. The number of nitro groups is 1. The van der Waals surface area contributed by atoms with Gasteiger partial charge in [-0.3, -0.25) is 14.9 Å². The molecule has 1 aromatic rings. The van der Waals surface area contributed by atoms with Gasteiger partial charge in [-0.25, -0.2) is 0 Å². The molecular weight excluding hydrogens is 324 g/mol. The minimum Gasteiger partial charge on any atom is -0.496 e. The number of carbonyl (C=O) groups excluding carboxylic acids is 1. The van der Waals surface area contributed by atoms with Crippen molar-refractivity contribution in [1.82, 2.24) is 4.90 Å². The minimum atomic E-state index is -0.532. The highest BCUT2D eigenvalue weighted by molar-refractivity contribution is 5.78. The van der Waals surface area contributed by atoms with E-state index in [0.29, 0.717) is 11.7 Å². The van der Waals surface area contributed by atoms with E-state index in [1.54, 1.807) is 6.07 Å². The Morgan fingerprint density at radius 1 is 1.28 bits per heavy atom. The molecule has 1 amide bonds. The van der Waals surface area contributed by atoms with Crippen LogP contribution in [-0.4, -0.2) is 42.5 Å². The van der Waals surface area contributed by atoms with Crippen LogP contribution in [0.25, 0.3) is 0 Å². The lowest BCUT2D eigenvalue weighted by Gasteiger charge is -2.41. The third-order valence-corrected chi connectivity index (χ3v) is 5.36. The first kappa shape index (κ1) is 17.5. The van der Waals surface area contributed by atoms with Gasteiger partial charge < -0.3 is 14.4 Å².